The fourth-order valence-electron chi connectivity index (χ4n) is 8.02. The Morgan fingerprint density at radius 2 is 1.38 bits per heavy atom. The lowest BCUT2D eigenvalue weighted by Gasteiger charge is -2.45. The van der Waals surface area contributed by atoms with E-state index in [1.54, 1.807) is 20.3 Å². The van der Waals surface area contributed by atoms with Crippen LogP contribution < -0.4 is 24.6 Å². The van der Waals surface area contributed by atoms with E-state index in [9.17, 15) is 4.79 Å². The van der Waals surface area contributed by atoms with Crippen molar-refractivity contribution in [1.29, 1.82) is 0 Å². The Morgan fingerprint density at radius 3 is 1.88 bits per heavy atom. The second kappa shape index (κ2) is 22.7. The first-order valence-corrected chi connectivity index (χ1v) is 32.0. The van der Waals surface area contributed by atoms with Crippen molar-refractivity contribution in [2.75, 3.05) is 34.7 Å². The number of methoxy groups -OCH3 is 3. The van der Waals surface area contributed by atoms with E-state index < -0.39 is 54.8 Å². The number of esters is 1. The van der Waals surface area contributed by atoms with Crippen molar-refractivity contribution < 1.29 is 46.8 Å². The monoisotopic (exact) mass is 963 g/mol. The van der Waals surface area contributed by atoms with Gasteiger partial charge in [-0.2, -0.15) is 0 Å². The Kier molecular flexibility index (Phi) is 18.9. The van der Waals surface area contributed by atoms with Crippen LogP contribution >= 0.6 is 0 Å². The Labute approximate surface area is 401 Å². The molecule has 1 aliphatic rings. The van der Waals surface area contributed by atoms with Crippen molar-refractivity contribution in [1.82, 2.24) is 0 Å². The van der Waals surface area contributed by atoms with Crippen LogP contribution in [0.2, 0.25) is 48.9 Å². The van der Waals surface area contributed by atoms with E-state index in [0.29, 0.717) is 30.1 Å². The third-order valence-corrected chi connectivity index (χ3v) is 24.2. The lowest BCUT2D eigenvalue weighted by atomic mass is 9.99. The van der Waals surface area contributed by atoms with Crippen LogP contribution in [0.1, 0.15) is 91.6 Å². The van der Waals surface area contributed by atoms with Crippen molar-refractivity contribution >= 4 is 47.1 Å². The van der Waals surface area contributed by atoms with Crippen LogP contribution in [0.5, 0.6) is 17.2 Å². The summed E-state index contributed by atoms with van der Waals surface area (Å²) in [6.45, 7) is 33.5. The summed E-state index contributed by atoms with van der Waals surface area (Å²) in [7, 11) is -2.04. The molecule has 1 saturated heterocycles. The predicted molar refractivity (Wildman–Crippen MR) is 277 cm³/mol. The average molecular weight is 963 g/mol. The number of benzene rings is 3. The molecule has 0 aromatic heterocycles. The van der Waals surface area contributed by atoms with Gasteiger partial charge in [0.15, 0.2) is 32.4 Å². The molecule has 0 bridgehead atoms. The molecule has 0 N–H and O–H groups in total. The Morgan fingerprint density at radius 1 is 0.788 bits per heavy atom. The largest absolute Gasteiger partial charge is 0.493 e. The van der Waals surface area contributed by atoms with Gasteiger partial charge in [0, 0.05) is 32.9 Å². The molecule has 5 atom stereocenters. The highest BCUT2D eigenvalue weighted by Gasteiger charge is 2.52. The van der Waals surface area contributed by atoms with E-state index in [1.165, 1.54) is 17.5 Å². The smallest absolute Gasteiger partial charge is 0.342 e. The summed E-state index contributed by atoms with van der Waals surface area (Å²) in [5.74, 6) is -0.350. The summed E-state index contributed by atoms with van der Waals surface area (Å²) < 4.78 is 57.1. The Bertz CT molecular complexity index is 2030. The molecule has 0 amide bonds. The van der Waals surface area contributed by atoms with Gasteiger partial charge < -0.3 is 42.0 Å². The van der Waals surface area contributed by atoms with Crippen LogP contribution in [0, 0.1) is 5.92 Å². The number of ether oxygens (including phenoxy) is 7. The maximum atomic E-state index is 14.0. The fraction of sp³-hybridized carbons (Fsp3) is 0.566. The predicted octanol–water partition coefficient (Wildman–Crippen LogP) is 11.7. The van der Waals surface area contributed by atoms with Gasteiger partial charge in [-0.3, -0.25) is 0 Å². The average Bonchev–Trinajstić information content (AvgIpc) is 3.55. The van der Waals surface area contributed by atoms with Crippen LogP contribution in [-0.2, 0) is 27.8 Å². The van der Waals surface area contributed by atoms with Crippen molar-refractivity contribution in [3.63, 3.8) is 0 Å². The molecule has 1 fully saturated rings. The zero-order valence-corrected chi connectivity index (χ0v) is 46.5. The maximum absolute atomic E-state index is 14.0. The van der Waals surface area contributed by atoms with Crippen LogP contribution in [0.15, 0.2) is 85.0 Å². The second-order valence-corrected chi connectivity index (χ2v) is 36.4. The number of rotatable bonds is 22. The van der Waals surface area contributed by atoms with Crippen LogP contribution in [-0.4, -0.2) is 95.6 Å². The molecule has 13 heteroatoms. The summed E-state index contributed by atoms with van der Waals surface area (Å²) in [6.07, 6.45) is 7.24. The van der Waals surface area contributed by atoms with Crippen molar-refractivity contribution in [3.05, 3.63) is 96.1 Å². The first-order valence-electron chi connectivity index (χ1n) is 23.5. The third-order valence-electron chi connectivity index (χ3n) is 12.9. The minimum absolute atomic E-state index is 0.0183. The van der Waals surface area contributed by atoms with Gasteiger partial charge in [0.05, 0.1) is 33.0 Å². The SMILES string of the molecule is COCOc1cc(OC)c(OC)c(/C=C/C[C@@H]2OC(C)(C)O[C@@H]2C(/C=C\[C@@H](C)[C@H](C)O[Si](c2ccccc2)(c2ccccc2)C(C)(C)C)O[Si](C)(C)C(C)(C)C)c1C(=O)OCC[Si](C)(C)C. The lowest BCUT2D eigenvalue weighted by Crippen LogP contribution is -2.67. The van der Waals surface area contributed by atoms with E-state index >= 15 is 0 Å². The van der Waals surface area contributed by atoms with E-state index in [4.69, 9.17) is 42.0 Å². The summed E-state index contributed by atoms with van der Waals surface area (Å²) >= 11 is 0. The van der Waals surface area contributed by atoms with Gasteiger partial charge in [-0.15, -0.1) is 0 Å². The fourth-order valence-corrected chi connectivity index (χ4v) is 14.8. The third kappa shape index (κ3) is 13.8. The van der Waals surface area contributed by atoms with Crippen molar-refractivity contribution in [2.45, 2.75) is 155 Å². The number of carbonyl (C=O) groups is 1. The van der Waals surface area contributed by atoms with Gasteiger partial charge in [0.1, 0.15) is 17.4 Å². The topological polar surface area (TPSA) is 100 Å². The van der Waals surface area contributed by atoms with Crippen molar-refractivity contribution in [2.24, 2.45) is 5.92 Å². The quantitative estimate of drug-likeness (QED) is 0.0419. The van der Waals surface area contributed by atoms with E-state index in [2.05, 4.69) is 161 Å². The summed E-state index contributed by atoms with van der Waals surface area (Å²) in [5, 5.41) is 2.26. The molecule has 1 unspecified atom stereocenters. The minimum atomic E-state index is -2.81. The van der Waals surface area contributed by atoms with Crippen LogP contribution in [0.3, 0.4) is 0 Å². The summed E-state index contributed by atoms with van der Waals surface area (Å²) in [5.41, 5.74) is 0.691. The van der Waals surface area contributed by atoms with Crippen LogP contribution in [0.4, 0.5) is 0 Å². The number of carbonyl (C=O) groups excluding carboxylic acids is 1. The van der Waals surface area contributed by atoms with Gasteiger partial charge in [-0.25, -0.2) is 4.79 Å². The molecule has 66 heavy (non-hydrogen) atoms. The molecule has 3 aromatic rings. The molecule has 0 radical (unpaired) electrons. The molecule has 0 spiro atoms. The lowest BCUT2D eigenvalue weighted by molar-refractivity contribution is -0.151. The molecule has 3 aromatic carbocycles. The van der Waals surface area contributed by atoms with E-state index in [-0.39, 0.29) is 40.2 Å². The van der Waals surface area contributed by atoms with Gasteiger partial charge in [0.2, 0.25) is 0 Å². The number of hydrogen-bond acceptors (Lipinski definition) is 10. The van der Waals surface area contributed by atoms with Crippen molar-refractivity contribution in [3.8, 4) is 17.2 Å². The first-order chi connectivity index (χ1) is 30.7. The molecule has 4 rings (SSSR count). The molecule has 10 nitrogen and oxygen atoms in total. The molecular weight excluding hydrogens is 881 g/mol. The van der Waals surface area contributed by atoms with Gasteiger partial charge >= 0.3 is 5.97 Å². The molecular formula is C53H82O10Si3. The zero-order valence-electron chi connectivity index (χ0n) is 43.5. The summed E-state index contributed by atoms with van der Waals surface area (Å²) in [4.78, 5) is 14.0. The van der Waals surface area contributed by atoms with E-state index in [1.807, 2.05) is 26.0 Å². The molecule has 0 aliphatic carbocycles. The molecule has 366 valence electrons. The maximum Gasteiger partial charge on any atom is 0.342 e. The van der Waals surface area contributed by atoms with Gasteiger partial charge in [-0.05, 0) is 72.7 Å². The molecule has 1 aliphatic heterocycles. The normalized spacial score (nSPS) is 18.6. The minimum Gasteiger partial charge on any atom is -0.493 e. The van der Waals surface area contributed by atoms with Gasteiger partial charge in [-0.1, -0.05) is 153 Å². The standard InChI is InChI=1S/C53H82O10Si3/c1-38(39(2)62-66(52(6,7)8,40-26-21-19-22-27-40)41-28-23-20-24-29-41)32-33-44(63-65(17,18)51(3,4)5)49-43(60-53(9,10)61-49)31-25-30-42-47(50(54)58-34-35-64(14,15)16)45(59-37-55-11)36-46(56-12)48(42)57-13/h19-30,32-33,36,38-39,43-44,49H,31,34-35,37H2,1-18H3/b30-25+,33-32-/t38-,39+,43+,44?,49+/m1/s1. The summed E-state index contributed by atoms with van der Waals surface area (Å²) in [6, 6.07) is 24.0. The first kappa shape index (κ1) is 55.1. The molecule has 0 saturated carbocycles. The zero-order chi connectivity index (χ0) is 49.3. The number of hydrogen-bond donors (Lipinski definition) is 0. The highest BCUT2D eigenvalue weighted by Crippen LogP contribution is 2.44. The van der Waals surface area contributed by atoms with Crippen LogP contribution in [0.25, 0.3) is 6.08 Å². The highest BCUT2D eigenvalue weighted by molar-refractivity contribution is 6.99. The Hall–Kier alpha value is -3.54. The second-order valence-electron chi connectivity index (χ2n) is 21.7. The highest BCUT2D eigenvalue weighted by atomic mass is 28.4. The molecule has 1 heterocycles. The van der Waals surface area contributed by atoms with E-state index in [0.717, 1.165) is 6.04 Å². The Balaban J connectivity index is 1.76. The van der Waals surface area contributed by atoms with Gasteiger partial charge in [0.25, 0.3) is 8.32 Å².